The third-order valence-electron chi connectivity index (χ3n) is 5.74. The van der Waals surface area contributed by atoms with Crippen LogP contribution in [0.2, 0.25) is 0 Å². The van der Waals surface area contributed by atoms with Crippen molar-refractivity contribution in [3.63, 3.8) is 0 Å². The number of amides is 1. The zero-order chi connectivity index (χ0) is 24.7. The van der Waals surface area contributed by atoms with Crippen molar-refractivity contribution >= 4 is 21.6 Å². The minimum absolute atomic E-state index is 0.103. The molecule has 1 N–H and O–H groups in total. The Morgan fingerprint density at radius 2 is 1.31 bits per heavy atom. The molecule has 0 saturated heterocycles. The Bertz CT molecular complexity index is 1370. The summed E-state index contributed by atoms with van der Waals surface area (Å²) in [6.07, 6.45) is 0.685. The molecule has 6 heteroatoms. The Morgan fingerprint density at radius 3 is 1.97 bits per heavy atom. The molecule has 0 unspecified atom stereocenters. The van der Waals surface area contributed by atoms with Crippen LogP contribution in [-0.4, -0.2) is 20.9 Å². The predicted molar refractivity (Wildman–Crippen MR) is 140 cm³/mol. The first-order valence-corrected chi connectivity index (χ1v) is 12.9. The summed E-state index contributed by atoms with van der Waals surface area (Å²) in [5.74, 6) is -0.311. The third kappa shape index (κ3) is 5.97. The second-order valence-electron chi connectivity index (χ2n) is 8.32. The Hall–Kier alpha value is -3.90. The van der Waals surface area contributed by atoms with Crippen molar-refractivity contribution in [3.05, 3.63) is 131 Å². The first-order valence-electron chi connectivity index (χ1n) is 11.5. The number of nitrogens with one attached hydrogen (secondary N) is 1. The van der Waals surface area contributed by atoms with Gasteiger partial charge in [-0.25, -0.2) is 8.42 Å². The molecule has 0 heterocycles. The summed E-state index contributed by atoms with van der Waals surface area (Å²) >= 11 is 0. The fourth-order valence-corrected chi connectivity index (χ4v) is 5.30. The normalized spacial score (nSPS) is 11.1. The number of carbonyl (C=O) groups is 1. The average Bonchev–Trinajstić information content (AvgIpc) is 2.88. The van der Waals surface area contributed by atoms with Crippen LogP contribution in [0, 0.1) is 6.92 Å². The van der Waals surface area contributed by atoms with E-state index in [2.05, 4.69) is 5.32 Å². The number of sulfonamides is 1. The Kier molecular flexibility index (Phi) is 7.63. The lowest BCUT2D eigenvalue weighted by Gasteiger charge is -2.26. The van der Waals surface area contributed by atoms with Crippen molar-refractivity contribution in [2.45, 2.75) is 24.8 Å². The number of benzene rings is 4. The number of rotatable bonds is 9. The molecule has 0 fully saturated rings. The van der Waals surface area contributed by atoms with Crippen LogP contribution < -0.4 is 9.62 Å². The van der Waals surface area contributed by atoms with Crippen molar-refractivity contribution in [3.8, 4) is 0 Å². The summed E-state index contributed by atoms with van der Waals surface area (Å²) in [6.45, 7) is 2.46. The van der Waals surface area contributed by atoms with Crippen LogP contribution in [0.25, 0.3) is 0 Å². The first-order chi connectivity index (χ1) is 16.9. The van der Waals surface area contributed by atoms with Gasteiger partial charge in [-0.3, -0.25) is 9.10 Å². The van der Waals surface area contributed by atoms with Gasteiger partial charge in [0.15, 0.2) is 0 Å². The zero-order valence-corrected chi connectivity index (χ0v) is 20.4. The Morgan fingerprint density at radius 1 is 0.743 bits per heavy atom. The molecule has 0 spiro atoms. The zero-order valence-electron chi connectivity index (χ0n) is 19.6. The highest BCUT2D eigenvalue weighted by Gasteiger charge is 2.28. The lowest BCUT2D eigenvalue weighted by atomic mass is 10.1. The van der Waals surface area contributed by atoms with Gasteiger partial charge in [-0.2, -0.15) is 0 Å². The van der Waals surface area contributed by atoms with Gasteiger partial charge in [-0.15, -0.1) is 0 Å². The van der Waals surface area contributed by atoms with E-state index in [4.69, 9.17) is 0 Å². The maximum atomic E-state index is 13.8. The molecule has 0 aromatic heterocycles. The number of hydrogen-bond donors (Lipinski definition) is 1. The van der Waals surface area contributed by atoms with Gasteiger partial charge in [0.25, 0.3) is 15.9 Å². The predicted octanol–water partition coefficient (Wildman–Crippen LogP) is 5.36. The lowest BCUT2D eigenvalue weighted by molar-refractivity contribution is 0.0955. The van der Waals surface area contributed by atoms with Crippen LogP contribution in [-0.2, 0) is 23.0 Å². The molecule has 178 valence electrons. The molecule has 4 rings (SSSR count). The monoisotopic (exact) mass is 484 g/mol. The van der Waals surface area contributed by atoms with E-state index in [0.29, 0.717) is 24.2 Å². The molecular formula is C29H28N2O3S. The summed E-state index contributed by atoms with van der Waals surface area (Å²) in [4.78, 5) is 13.4. The minimum atomic E-state index is -3.94. The van der Waals surface area contributed by atoms with Crippen LogP contribution in [0.1, 0.15) is 27.0 Å². The van der Waals surface area contributed by atoms with E-state index in [9.17, 15) is 13.2 Å². The molecule has 5 nitrogen and oxygen atoms in total. The molecule has 1 amide bonds. The average molecular weight is 485 g/mol. The van der Waals surface area contributed by atoms with Gasteiger partial charge in [-0.1, -0.05) is 90.5 Å². The van der Waals surface area contributed by atoms with E-state index in [1.807, 2.05) is 67.6 Å². The van der Waals surface area contributed by atoms with E-state index in [-0.39, 0.29) is 17.3 Å². The highest BCUT2D eigenvalue weighted by atomic mass is 32.2. The summed E-state index contributed by atoms with van der Waals surface area (Å²) in [7, 11) is -3.94. The van der Waals surface area contributed by atoms with Crippen molar-refractivity contribution in [1.82, 2.24) is 5.32 Å². The number of hydrogen-bond acceptors (Lipinski definition) is 3. The quantitative estimate of drug-likeness (QED) is 0.348. The van der Waals surface area contributed by atoms with Gasteiger partial charge in [-0.05, 0) is 48.7 Å². The standard InChI is InChI=1S/C29H28N2O3S/c1-23-16-18-26(19-17-23)35(33,34)31(22-25-12-6-3-7-13-25)28-15-9-8-14-27(28)29(32)30-21-20-24-10-4-2-5-11-24/h2-19H,20-22H2,1H3,(H,30,32). The molecule has 0 radical (unpaired) electrons. The maximum absolute atomic E-state index is 13.8. The fourth-order valence-electron chi connectivity index (χ4n) is 3.83. The lowest BCUT2D eigenvalue weighted by Crippen LogP contribution is -2.34. The van der Waals surface area contributed by atoms with Crippen LogP contribution in [0.4, 0.5) is 5.69 Å². The van der Waals surface area contributed by atoms with Gasteiger partial charge < -0.3 is 5.32 Å². The second kappa shape index (κ2) is 11.0. The van der Waals surface area contributed by atoms with E-state index in [1.165, 1.54) is 4.31 Å². The minimum Gasteiger partial charge on any atom is -0.352 e. The van der Waals surface area contributed by atoms with Gasteiger partial charge in [0.2, 0.25) is 0 Å². The first kappa shape index (κ1) is 24.2. The topological polar surface area (TPSA) is 66.5 Å². The largest absolute Gasteiger partial charge is 0.352 e. The van der Waals surface area contributed by atoms with E-state index in [0.717, 1.165) is 16.7 Å². The molecular weight excluding hydrogens is 456 g/mol. The Labute approximate surface area is 207 Å². The molecule has 0 aliphatic rings. The molecule has 4 aromatic carbocycles. The number of nitrogens with zero attached hydrogens (tertiary/aromatic N) is 1. The molecule has 0 bridgehead atoms. The summed E-state index contributed by atoms with van der Waals surface area (Å²) < 4.78 is 29.0. The SMILES string of the molecule is Cc1ccc(S(=O)(=O)N(Cc2ccccc2)c2ccccc2C(=O)NCCc2ccccc2)cc1. The maximum Gasteiger partial charge on any atom is 0.264 e. The van der Waals surface area contributed by atoms with E-state index < -0.39 is 10.0 Å². The highest BCUT2D eigenvalue weighted by molar-refractivity contribution is 7.92. The van der Waals surface area contributed by atoms with Crippen LogP contribution in [0.15, 0.2) is 114 Å². The number of anilines is 1. The molecule has 4 aromatic rings. The molecule has 0 aliphatic heterocycles. The number of carbonyl (C=O) groups excluding carboxylic acids is 1. The van der Waals surface area contributed by atoms with Crippen molar-refractivity contribution < 1.29 is 13.2 Å². The van der Waals surface area contributed by atoms with Crippen LogP contribution in [0.3, 0.4) is 0 Å². The molecule has 0 saturated carbocycles. The summed E-state index contributed by atoms with van der Waals surface area (Å²) in [5, 5.41) is 2.94. The highest BCUT2D eigenvalue weighted by Crippen LogP contribution is 2.29. The molecule has 0 aliphatic carbocycles. The smallest absolute Gasteiger partial charge is 0.264 e. The molecule has 0 atom stereocenters. The van der Waals surface area contributed by atoms with Crippen LogP contribution >= 0.6 is 0 Å². The third-order valence-corrected chi connectivity index (χ3v) is 7.51. The van der Waals surface area contributed by atoms with Gasteiger partial charge in [0.05, 0.1) is 22.7 Å². The van der Waals surface area contributed by atoms with E-state index >= 15 is 0 Å². The second-order valence-corrected chi connectivity index (χ2v) is 10.2. The summed E-state index contributed by atoms with van der Waals surface area (Å²) in [6, 6.07) is 32.9. The van der Waals surface area contributed by atoms with Gasteiger partial charge in [0.1, 0.15) is 0 Å². The van der Waals surface area contributed by atoms with Crippen molar-refractivity contribution in [2.75, 3.05) is 10.8 Å². The van der Waals surface area contributed by atoms with E-state index in [1.54, 1.807) is 48.5 Å². The van der Waals surface area contributed by atoms with Crippen molar-refractivity contribution in [2.24, 2.45) is 0 Å². The number of aryl methyl sites for hydroxylation is 1. The number of para-hydroxylation sites is 1. The Balaban J connectivity index is 1.67. The van der Waals surface area contributed by atoms with Gasteiger partial charge in [0, 0.05) is 6.54 Å². The van der Waals surface area contributed by atoms with Crippen molar-refractivity contribution in [1.29, 1.82) is 0 Å². The molecule has 35 heavy (non-hydrogen) atoms. The fraction of sp³-hybridized carbons (Fsp3) is 0.138. The van der Waals surface area contributed by atoms with Crippen LogP contribution in [0.5, 0.6) is 0 Å². The summed E-state index contributed by atoms with van der Waals surface area (Å²) in [5.41, 5.74) is 3.56. The van der Waals surface area contributed by atoms with Gasteiger partial charge >= 0.3 is 0 Å².